The lowest BCUT2D eigenvalue weighted by atomic mass is 9.88. The Bertz CT molecular complexity index is 508. The molecule has 102 valence electrons. The minimum Gasteiger partial charge on any atom is -0.338 e. The van der Waals surface area contributed by atoms with Crippen molar-refractivity contribution in [3.63, 3.8) is 0 Å². The second-order valence-corrected chi connectivity index (χ2v) is 6.27. The molecule has 1 heterocycles. The summed E-state index contributed by atoms with van der Waals surface area (Å²) in [5, 5.41) is 2.79. The van der Waals surface area contributed by atoms with E-state index in [1.165, 1.54) is 6.92 Å². The first-order chi connectivity index (χ1) is 8.74. The van der Waals surface area contributed by atoms with Gasteiger partial charge in [-0.15, -0.1) is 0 Å². The summed E-state index contributed by atoms with van der Waals surface area (Å²) < 4.78 is 0. The maximum atomic E-state index is 12.0. The van der Waals surface area contributed by atoms with Crippen LogP contribution in [0.3, 0.4) is 0 Å². The summed E-state index contributed by atoms with van der Waals surface area (Å²) in [4.78, 5) is 27.7. The summed E-state index contributed by atoms with van der Waals surface area (Å²) >= 11 is 0. The van der Waals surface area contributed by atoms with E-state index in [0.29, 0.717) is 5.69 Å². The fourth-order valence-electron chi connectivity index (χ4n) is 1.94. The van der Waals surface area contributed by atoms with Crippen LogP contribution in [-0.4, -0.2) is 22.2 Å². The van der Waals surface area contributed by atoms with E-state index in [9.17, 15) is 9.59 Å². The van der Waals surface area contributed by atoms with Gasteiger partial charge < -0.3 is 5.32 Å². The van der Waals surface area contributed by atoms with Crippen molar-refractivity contribution in [3.05, 3.63) is 29.6 Å². The van der Waals surface area contributed by atoms with Crippen molar-refractivity contribution in [1.82, 2.24) is 10.3 Å². The molecule has 1 aliphatic rings. The number of carbonyl (C=O) groups excluding carboxylic acids is 2. The third kappa shape index (κ3) is 2.83. The van der Waals surface area contributed by atoms with Crippen molar-refractivity contribution in [2.45, 2.75) is 51.5 Å². The number of carbonyl (C=O) groups is 2. The number of nitrogens with zero attached hydrogens (tertiary/aromatic N) is 1. The van der Waals surface area contributed by atoms with Crippen LogP contribution < -0.4 is 5.32 Å². The third-order valence-electron chi connectivity index (χ3n) is 3.64. The SMILES string of the molecule is CC(=O)C1(NC(=O)c2ccc(C(C)(C)C)cn2)CC1. The molecule has 1 saturated carbocycles. The minimum absolute atomic E-state index is 0.0130. The molecule has 19 heavy (non-hydrogen) atoms. The van der Waals surface area contributed by atoms with Gasteiger partial charge in [0.05, 0.1) is 5.54 Å². The number of Topliss-reactive ketones (excluding diaryl/α,β-unsaturated/α-hetero) is 1. The van der Waals surface area contributed by atoms with Gasteiger partial charge in [0, 0.05) is 6.20 Å². The molecule has 0 atom stereocenters. The Hall–Kier alpha value is -1.71. The summed E-state index contributed by atoms with van der Waals surface area (Å²) in [6.45, 7) is 7.81. The summed E-state index contributed by atoms with van der Waals surface area (Å²) in [5.41, 5.74) is 0.831. The van der Waals surface area contributed by atoms with E-state index >= 15 is 0 Å². The molecular formula is C15H20N2O2. The van der Waals surface area contributed by atoms with Crippen molar-refractivity contribution in [3.8, 4) is 0 Å². The molecule has 0 aliphatic heterocycles. The Labute approximate surface area is 113 Å². The highest BCUT2D eigenvalue weighted by atomic mass is 16.2. The van der Waals surface area contributed by atoms with Gasteiger partial charge in [0.1, 0.15) is 5.69 Å². The molecular weight excluding hydrogens is 240 g/mol. The number of hydrogen-bond donors (Lipinski definition) is 1. The summed E-state index contributed by atoms with van der Waals surface area (Å²) in [5.74, 6) is -0.250. The monoisotopic (exact) mass is 260 g/mol. The Morgan fingerprint density at radius 1 is 1.26 bits per heavy atom. The molecule has 0 radical (unpaired) electrons. The summed E-state index contributed by atoms with van der Waals surface area (Å²) in [6.07, 6.45) is 3.19. The predicted octanol–water partition coefficient (Wildman–Crippen LogP) is 2.23. The first kappa shape index (κ1) is 13.7. The standard InChI is InChI=1S/C15H20N2O2/c1-10(18)15(7-8-15)17-13(19)12-6-5-11(9-16-12)14(2,3)4/h5-6,9H,7-8H2,1-4H3,(H,17,19). The first-order valence-electron chi connectivity index (χ1n) is 6.55. The van der Waals surface area contributed by atoms with Crippen molar-refractivity contribution in [1.29, 1.82) is 0 Å². The maximum Gasteiger partial charge on any atom is 0.270 e. The molecule has 1 aromatic heterocycles. The van der Waals surface area contributed by atoms with Crippen LogP contribution in [0.4, 0.5) is 0 Å². The molecule has 0 spiro atoms. The second-order valence-electron chi connectivity index (χ2n) is 6.27. The lowest BCUT2D eigenvalue weighted by Crippen LogP contribution is -2.42. The second kappa shape index (κ2) is 4.44. The first-order valence-corrected chi connectivity index (χ1v) is 6.55. The van der Waals surface area contributed by atoms with E-state index < -0.39 is 5.54 Å². The molecule has 1 aliphatic carbocycles. The van der Waals surface area contributed by atoms with Crippen LogP contribution in [0.1, 0.15) is 56.6 Å². The molecule has 1 N–H and O–H groups in total. The number of amides is 1. The molecule has 2 rings (SSSR count). The highest BCUT2D eigenvalue weighted by molar-refractivity contribution is 5.99. The predicted molar refractivity (Wildman–Crippen MR) is 73.0 cm³/mol. The molecule has 1 amide bonds. The Morgan fingerprint density at radius 2 is 1.89 bits per heavy atom. The van der Waals surface area contributed by atoms with Gasteiger partial charge >= 0.3 is 0 Å². The third-order valence-corrected chi connectivity index (χ3v) is 3.64. The largest absolute Gasteiger partial charge is 0.338 e. The van der Waals surface area contributed by atoms with Crippen molar-refractivity contribution < 1.29 is 9.59 Å². The van der Waals surface area contributed by atoms with Crippen LogP contribution >= 0.6 is 0 Å². The molecule has 1 aromatic rings. The zero-order valence-electron chi connectivity index (χ0n) is 11.9. The van der Waals surface area contributed by atoms with Crippen molar-refractivity contribution in [2.24, 2.45) is 0 Å². The van der Waals surface area contributed by atoms with Crippen LogP contribution in [0, 0.1) is 0 Å². The minimum atomic E-state index is -0.624. The average Bonchev–Trinajstić information content (AvgIpc) is 3.09. The molecule has 1 fully saturated rings. The van der Waals surface area contributed by atoms with Gasteiger partial charge in [0.2, 0.25) is 0 Å². The quantitative estimate of drug-likeness (QED) is 0.906. The van der Waals surface area contributed by atoms with E-state index in [-0.39, 0.29) is 17.1 Å². The molecule has 0 aromatic carbocycles. The highest BCUT2D eigenvalue weighted by Crippen LogP contribution is 2.36. The lowest BCUT2D eigenvalue weighted by molar-refractivity contribution is -0.119. The molecule has 4 nitrogen and oxygen atoms in total. The molecule has 0 bridgehead atoms. The van der Waals surface area contributed by atoms with Gasteiger partial charge in [0.25, 0.3) is 5.91 Å². The van der Waals surface area contributed by atoms with Crippen LogP contribution in [0.5, 0.6) is 0 Å². The maximum absolute atomic E-state index is 12.0. The zero-order valence-corrected chi connectivity index (χ0v) is 11.9. The van der Waals surface area contributed by atoms with Gasteiger partial charge in [-0.05, 0) is 36.8 Å². The molecule has 0 saturated heterocycles. The zero-order chi connectivity index (χ0) is 14.3. The fraction of sp³-hybridized carbons (Fsp3) is 0.533. The normalized spacial score (nSPS) is 16.8. The smallest absolute Gasteiger partial charge is 0.270 e. The van der Waals surface area contributed by atoms with E-state index in [1.54, 1.807) is 12.3 Å². The van der Waals surface area contributed by atoms with Gasteiger partial charge in [-0.3, -0.25) is 14.6 Å². The van der Waals surface area contributed by atoms with Crippen molar-refractivity contribution >= 4 is 11.7 Å². The summed E-state index contributed by atoms with van der Waals surface area (Å²) in [7, 11) is 0. The number of rotatable bonds is 3. The van der Waals surface area contributed by atoms with E-state index in [1.807, 2.05) is 6.07 Å². The Morgan fingerprint density at radius 3 is 2.26 bits per heavy atom. The van der Waals surface area contributed by atoms with E-state index in [0.717, 1.165) is 18.4 Å². The summed E-state index contributed by atoms with van der Waals surface area (Å²) in [6, 6.07) is 3.63. The number of aromatic nitrogens is 1. The van der Waals surface area contributed by atoms with Gasteiger partial charge in [0.15, 0.2) is 5.78 Å². The van der Waals surface area contributed by atoms with E-state index in [2.05, 4.69) is 31.1 Å². The number of hydrogen-bond acceptors (Lipinski definition) is 3. The van der Waals surface area contributed by atoms with Crippen molar-refractivity contribution in [2.75, 3.05) is 0 Å². The van der Waals surface area contributed by atoms with E-state index in [4.69, 9.17) is 0 Å². The van der Waals surface area contributed by atoms with Gasteiger partial charge in [-0.2, -0.15) is 0 Å². The van der Waals surface area contributed by atoms with Gasteiger partial charge in [-0.25, -0.2) is 0 Å². The van der Waals surface area contributed by atoms with Crippen LogP contribution in [-0.2, 0) is 10.2 Å². The van der Waals surface area contributed by atoms with Crippen LogP contribution in [0.2, 0.25) is 0 Å². The van der Waals surface area contributed by atoms with Crippen LogP contribution in [0.25, 0.3) is 0 Å². The lowest BCUT2D eigenvalue weighted by Gasteiger charge is -2.19. The highest BCUT2D eigenvalue weighted by Gasteiger charge is 2.48. The number of nitrogens with one attached hydrogen (secondary N) is 1. The van der Waals surface area contributed by atoms with Crippen LogP contribution in [0.15, 0.2) is 18.3 Å². The average molecular weight is 260 g/mol. The molecule has 0 unspecified atom stereocenters. The fourth-order valence-corrected chi connectivity index (χ4v) is 1.94. The Kier molecular flexibility index (Phi) is 3.20. The number of ketones is 1. The number of pyridine rings is 1. The Balaban J connectivity index is 2.11. The van der Waals surface area contributed by atoms with Gasteiger partial charge in [-0.1, -0.05) is 26.8 Å². The molecule has 4 heteroatoms. The topological polar surface area (TPSA) is 59.1 Å².